The van der Waals surface area contributed by atoms with Crippen molar-refractivity contribution in [3.05, 3.63) is 36.3 Å². The van der Waals surface area contributed by atoms with Gasteiger partial charge < -0.3 is 11.1 Å². The van der Waals surface area contributed by atoms with Crippen LogP contribution in [-0.2, 0) is 4.79 Å². The molecule has 0 bridgehead atoms. The number of primary amides is 1. The molecule has 0 unspecified atom stereocenters. The van der Waals surface area contributed by atoms with Crippen LogP contribution in [0.3, 0.4) is 0 Å². The van der Waals surface area contributed by atoms with Gasteiger partial charge in [-0.2, -0.15) is 10.2 Å². The highest BCUT2D eigenvalue weighted by Crippen LogP contribution is 2.36. The first-order valence-electron chi connectivity index (χ1n) is 8.08. The predicted molar refractivity (Wildman–Crippen MR) is 93.4 cm³/mol. The Bertz CT molecular complexity index is 891. The van der Waals surface area contributed by atoms with Gasteiger partial charge in [0.2, 0.25) is 11.9 Å². The average Bonchev–Trinajstić information content (AvgIpc) is 2.99. The van der Waals surface area contributed by atoms with Gasteiger partial charge in [0.05, 0.1) is 18.0 Å². The maximum Gasteiger partial charge on any atom is 0.267 e. The third-order valence-electron chi connectivity index (χ3n) is 4.42. The lowest BCUT2D eigenvalue weighted by molar-refractivity contribution is -0.123. The quantitative estimate of drug-likeness (QED) is 0.829. The second kappa shape index (κ2) is 6.76. The van der Waals surface area contributed by atoms with Gasteiger partial charge in [-0.05, 0) is 31.0 Å². The number of pyridine rings is 1. The molecule has 2 amide bonds. The zero-order valence-electron chi connectivity index (χ0n) is 14.1. The molecule has 2 aromatic heterocycles. The second-order valence-corrected chi connectivity index (χ2v) is 5.91. The Balaban J connectivity index is 1.80. The molecule has 1 aliphatic heterocycles. The fourth-order valence-corrected chi connectivity index (χ4v) is 2.80. The van der Waals surface area contributed by atoms with Crippen LogP contribution in [-0.4, -0.2) is 33.3 Å². The summed E-state index contributed by atoms with van der Waals surface area (Å²) in [6.07, 6.45) is 3.91. The van der Waals surface area contributed by atoms with Crippen LogP contribution < -0.4 is 16.0 Å². The predicted octanol–water partition coefficient (Wildman–Crippen LogP) is 1.37. The Morgan fingerprint density at radius 1 is 1.42 bits per heavy atom. The van der Waals surface area contributed by atoms with E-state index in [0.29, 0.717) is 30.9 Å². The van der Waals surface area contributed by atoms with E-state index in [1.807, 2.05) is 6.92 Å². The minimum atomic E-state index is -0.979. The highest BCUT2D eigenvalue weighted by Gasteiger charge is 2.46. The standard InChI is InChI=1S/C17H17N7O2/c1-2-17(10-18)6-8-24(15(17)26)13-5-7-20-16(23-13)22-11-3-4-12(14(19)25)21-9-11/h3-5,7,9H,2,6,8H2,1H3,(H2,19,25)(H,20,22,23)/t17-/m1/s1. The van der Waals surface area contributed by atoms with E-state index in [1.54, 1.807) is 12.1 Å². The Labute approximate surface area is 149 Å². The highest BCUT2D eigenvalue weighted by atomic mass is 16.2. The molecule has 3 N–H and O–H groups in total. The fourth-order valence-electron chi connectivity index (χ4n) is 2.80. The van der Waals surface area contributed by atoms with Crippen molar-refractivity contribution in [3.63, 3.8) is 0 Å². The van der Waals surface area contributed by atoms with Crippen molar-refractivity contribution in [3.8, 4) is 6.07 Å². The summed E-state index contributed by atoms with van der Waals surface area (Å²) in [4.78, 5) is 37.6. The molecule has 0 aliphatic carbocycles. The first-order chi connectivity index (χ1) is 12.5. The van der Waals surface area contributed by atoms with Gasteiger partial charge in [-0.15, -0.1) is 0 Å². The molecule has 3 rings (SSSR count). The number of carbonyl (C=O) groups excluding carboxylic acids is 2. The first kappa shape index (κ1) is 17.3. The number of hydrogen-bond acceptors (Lipinski definition) is 7. The molecule has 0 radical (unpaired) electrons. The number of nitrogens with zero attached hydrogens (tertiary/aromatic N) is 5. The summed E-state index contributed by atoms with van der Waals surface area (Å²) in [5.74, 6) is -0.145. The van der Waals surface area contributed by atoms with Crippen LogP contribution in [0, 0.1) is 16.7 Å². The van der Waals surface area contributed by atoms with Crippen molar-refractivity contribution < 1.29 is 9.59 Å². The molecular weight excluding hydrogens is 334 g/mol. The second-order valence-electron chi connectivity index (χ2n) is 5.91. The lowest BCUT2D eigenvalue weighted by Gasteiger charge is -2.19. The van der Waals surface area contributed by atoms with Crippen molar-refractivity contribution in [2.75, 3.05) is 16.8 Å². The number of nitrogens with two attached hydrogens (primary N) is 1. The summed E-state index contributed by atoms with van der Waals surface area (Å²) < 4.78 is 0. The number of carbonyl (C=O) groups is 2. The molecule has 1 atom stereocenters. The SMILES string of the molecule is CC[C@]1(C#N)CCN(c2ccnc(Nc3ccc(C(N)=O)nc3)n2)C1=O. The van der Waals surface area contributed by atoms with Crippen molar-refractivity contribution in [2.24, 2.45) is 11.1 Å². The summed E-state index contributed by atoms with van der Waals surface area (Å²) in [5, 5.41) is 12.3. The summed E-state index contributed by atoms with van der Waals surface area (Å²) in [6, 6.07) is 6.89. The summed E-state index contributed by atoms with van der Waals surface area (Å²) in [5.41, 5.74) is 4.90. The molecule has 9 nitrogen and oxygen atoms in total. The fraction of sp³-hybridized carbons (Fsp3) is 0.294. The lowest BCUT2D eigenvalue weighted by Crippen LogP contribution is -2.33. The van der Waals surface area contributed by atoms with E-state index in [-0.39, 0.29) is 17.5 Å². The maximum atomic E-state index is 12.6. The van der Waals surface area contributed by atoms with E-state index in [1.165, 1.54) is 23.4 Å². The highest BCUT2D eigenvalue weighted by molar-refractivity contribution is 6.01. The van der Waals surface area contributed by atoms with Gasteiger partial charge in [-0.3, -0.25) is 14.5 Å². The topological polar surface area (TPSA) is 138 Å². The largest absolute Gasteiger partial charge is 0.364 e. The number of nitrogens with one attached hydrogen (secondary N) is 1. The minimum Gasteiger partial charge on any atom is -0.364 e. The van der Waals surface area contributed by atoms with Gasteiger partial charge in [0.15, 0.2) is 0 Å². The average molecular weight is 351 g/mol. The maximum absolute atomic E-state index is 12.6. The number of rotatable bonds is 5. The molecule has 9 heteroatoms. The van der Waals surface area contributed by atoms with E-state index < -0.39 is 11.3 Å². The zero-order valence-corrected chi connectivity index (χ0v) is 14.1. The number of anilines is 3. The Hall–Kier alpha value is -3.54. The van der Waals surface area contributed by atoms with Crippen LogP contribution in [0.5, 0.6) is 0 Å². The molecule has 0 saturated carbocycles. The Morgan fingerprint density at radius 3 is 2.81 bits per heavy atom. The van der Waals surface area contributed by atoms with Crippen LogP contribution in [0.2, 0.25) is 0 Å². The van der Waals surface area contributed by atoms with Crippen LogP contribution in [0.4, 0.5) is 17.5 Å². The molecule has 0 aromatic carbocycles. The van der Waals surface area contributed by atoms with Gasteiger partial charge in [-0.25, -0.2) is 9.97 Å². The van der Waals surface area contributed by atoms with E-state index in [2.05, 4.69) is 26.3 Å². The summed E-state index contributed by atoms with van der Waals surface area (Å²) in [6.45, 7) is 2.27. The number of amides is 2. The van der Waals surface area contributed by atoms with Gasteiger partial charge in [0.25, 0.3) is 5.91 Å². The molecule has 1 saturated heterocycles. The Kier molecular flexibility index (Phi) is 4.49. The van der Waals surface area contributed by atoms with Gasteiger partial charge in [0, 0.05) is 12.7 Å². The van der Waals surface area contributed by atoms with E-state index in [4.69, 9.17) is 5.73 Å². The number of aromatic nitrogens is 3. The molecular formula is C17H17N7O2. The number of nitriles is 1. The molecule has 1 fully saturated rings. The Morgan fingerprint density at radius 2 is 2.23 bits per heavy atom. The van der Waals surface area contributed by atoms with E-state index in [9.17, 15) is 14.9 Å². The summed E-state index contributed by atoms with van der Waals surface area (Å²) in [7, 11) is 0. The number of hydrogen-bond donors (Lipinski definition) is 2. The van der Waals surface area contributed by atoms with Gasteiger partial charge in [0.1, 0.15) is 16.9 Å². The van der Waals surface area contributed by atoms with Crippen molar-refractivity contribution in [1.29, 1.82) is 5.26 Å². The zero-order chi connectivity index (χ0) is 18.7. The third-order valence-corrected chi connectivity index (χ3v) is 4.42. The van der Waals surface area contributed by atoms with Crippen LogP contribution >= 0.6 is 0 Å². The van der Waals surface area contributed by atoms with Crippen molar-refractivity contribution in [2.45, 2.75) is 19.8 Å². The minimum absolute atomic E-state index is 0.153. The van der Waals surface area contributed by atoms with Gasteiger partial charge >= 0.3 is 0 Å². The molecule has 132 valence electrons. The molecule has 3 heterocycles. The van der Waals surface area contributed by atoms with Crippen LogP contribution in [0.25, 0.3) is 0 Å². The molecule has 0 spiro atoms. The monoisotopic (exact) mass is 351 g/mol. The smallest absolute Gasteiger partial charge is 0.267 e. The molecule has 26 heavy (non-hydrogen) atoms. The normalized spacial score (nSPS) is 19.2. The van der Waals surface area contributed by atoms with Crippen LogP contribution in [0.15, 0.2) is 30.6 Å². The summed E-state index contributed by atoms with van der Waals surface area (Å²) >= 11 is 0. The molecule has 1 aliphatic rings. The first-order valence-corrected chi connectivity index (χ1v) is 8.08. The van der Waals surface area contributed by atoms with Gasteiger partial charge in [-0.1, -0.05) is 6.92 Å². The van der Waals surface area contributed by atoms with Crippen LogP contribution in [0.1, 0.15) is 30.3 Å². The molecule has 2 aromatic rings. The lowest BCUT2D eigenvalue weighted by atomic mass is 9.85. The van der Waals surface area contributed by atoms with E-state index >= 15 is 0 Å². The van der Waals surface area contributed by atoms with Crippen molar-refractivity contribution >= 4 is 29.3 Å². The third kappa shape index (κ3) is 3.04. The van der Waals surface area contributed by atoms with E-state index in [0.717, 1.165) is 0 Å². The van der Waals surface area contributed by atoms with Crippen molar-refractivity contribution in [1.82, 2.24) is 15.0 Å².